The maximum Gasteiger partial charge on any atom is 0.361 e. The highest BCUT2D eigenvalue weighted by Crippen LogP contribution is 2.51. The normalized spacial score (nSPS) is 26.4. The van der Waals surface area contributed by atoms with Gasteiger partial charge in [0.2, 0.25) is 10.6 Å². The fourth-order valence-electron chi connectivity index (χ4n) is 3.57. The lowest BCUT2D eigenvalue weighted by Gasteiger charge is -2.33. The monoisotopic (exact) mass is 579 g/mol. The zero-order valence-electron chi connectivity index (χ0n) is 20.6. The molecule has 214 valence electrons. The number of rotatable bonds is 14. The molecule has 8 N–H and O–H groups in total. The van der Waals surface area contributed by atoms with E-state index in [4.69, 9.17) is 36.6 Å². The number of nitrogens with one attached hydrogen (secondary N) is 3. The van der Waals surface area contributed by atoms with Gasteiger partial charge in [-0.25, -0.2) is 9.98 Å². The minimum absolute atomic E-state index is 0.294. The summed E-state index contributed by atoms with van der Waals surface area (Å²) in [4.78, 5) is 26.8. The molecule has 1 aliphatic carbocycles. The molecule has 14 nitrogen and oxygen atoms in total. The fourth-order valence-corrected chi connectivity index (χ4v) is 4.34. The Hall–Kier alpha value is -1.84. The van der Waals surface area contributed by atoms with Gasteiger partial charge in [0.05, 0.1) is 19.8 Å². The Balaban J connectivity index is 1.98. The smallest absolute Gasteiger partial charge is 0.361 e. The van der Waals surface area contributed by atoms with E-state index in [1.165, 1.54) is 18.6 Å². The average Bonchev–Trinajstić information content (AvgIpc) is 3.09. The van der Waals surface area contributed by atoms with Crippen molar-refractivity contribution in [2.45, 2.75) is 49.0 Å². The molecule has 0 aromatic heterocycles. The minimum Gasteiger partial charge on any atom is -0.393 e. The summed E-state index contributed by atoms with van der Waals surface area (Å²) in [6.07, 6.45) is 4.61. The topological polar surface area (TPSA) is 230 Å². The van der Waals surface area contributed by atoms with E-state index in [9.17, 15) is 29.7 Å². The molecule has 1 saturated heterocycles. The third-order valence-corrected chi connectivity index (χ3v) is 7.68. The second kappa shape index (κ2) is 15.1. The molecule has 1 aliphatic heterocycles. The number of hydrogen-bond donors (Lipinski definition) is 8. The van der Waals surface area contributed by atoms with Gasteiger partial charge in [0.15, 0.2) is 0 Å². The fraction of sp³-hybridized carbons (Fsp3) is 0.636. The predicted molar refractivity (Wildman–Crippen MR) is 141 cm³/mol. The van der Waals surface area contributed by atoms with Crippen molar-refractivity contribution in [1.82, 2.24) is 5.32 Å². The number of aliphatic hydroxyl groups excluding tert-OH is 3. The lowest BCUT2D eigenvalue weighted by Crippen LogP contribution is -2.45. The number of amidine groups is 3. The van der Waals surface area contributed by atoms with Crippen molar-refractivity contribution in [2.24, 2.45) is 15.9 Å². The van der Waals surface area contributed by atoms with Gasteiger partial charge in [0.25, 0.3) is 0 Å². The van der Waals surface area contributed by atoms with Crippen molar-refractivity contribution < 1.29 is 43.9 Å². The minimum atomic E-state index is -5.11. The third kappa shape index (κ3) is 9.42. The molecule has 2 rings (SSSR count). The molecule has 0 amide bonds. The maximum atomic E-state index is 12.1. The largest absolute Gasteiger partial charge is 0.393 e. The van der Waals surface area contributed by atoms with Gasteiger partial charge >= 0.3 is 7.60 Å². The molecule has 2 fully saturated rings. The van der Waals surface area contributed by atoms with Crippen LogP contribution in [-0.4, -0.2) is 112 Å². The lowest BCUT2D eigenvalue weighted by molar-refractivity contribution is -0.118. The molecular formula is C22H35ClN5O9P. The van der Waals surface area contributed by atoms with Crippen LogP contribution < -0.4 is 5.32 Å². The Kier molecular flexibility index (Phi) is 12.8. The Morgan fingerprint density at radius 2 is 1.97 bits per heavy atom. The van der Waals surface area contributed by atoms with Crippen LogP contribution in [0.15, 0.2) is 34.3 Å². The summed E-state index contributed by atoms with van der Waals surface area (Å²) in [5.74, 6) is 0.646. The molecule has 5 atom stereocenters. The van der Waals surface area contributed by atoms with E-state index in [0.29, 0.717) is 18.3 Å². The SMILES string of the molecule is C=NC(=N)COCC(CO)(OC[C@H]1O[C@@H](/C=C/C=C/C(=N\C(=N)Cl)NCC2CCC2)[C@H](O)[C@@H]1O)P(=O)(O)O. The van der Waals surface area contributed by atoms with Crippen LogP contribution >= 0.6 is 19.2 Å². The molecule has 0 spiro atoms. The summed E-state index contributed by atoms with van der Waals surface area (Å²) in [6, 6.07) is 0. The zero-order chi connectivity index (χ0) is 28.3. The van der Waals surface area contributed by atoms with Crippen LogP contribution in [0.5, 0.6) is 0 Å². The number of nitrogens with zero attached hydrogens (tertiary/aromatic N) is 2. The second-order valence-corrected chi connectivity index (χ2v) is 11.1. The van der Waals surface area contributed by atoms with E-state index >= 15 is 0 Å². The number of aliphatic hydroxyl groups is 3. The van der Waals surface area contributed by atoms with E-state index in [2.05, 4.69) is 22.0 Å². The van der Waals surface area contributed by atoms with E-state index in [1.807, 2.05) is 0 Å². The molecule has 0 radical (unpaired) electrons. The number of aliphatic imine (C=N–C) groups is 2. The Bertz CT molecular complexity index is 971. The van der Waals surface area contributed by atoms with Crippen LogP contribution in [0.2, 0.25) is 0 Å². The van der Waals surface area contributed by atoms with Gasteiger partial charge in [0.1, 0.15) is 42.7 Å². The quantitative estimate of drug-likeness (QED) is 0.0455. The summed E-state index contributed by atoms with van der Waals surface area (Å²) >= 11 is 5.57. The van der Waals surface area contributed by atoms with E-state index in [0.717, 1.165) is 12.8 Å². The highest BCUT2D eigenvalue weighted by Gasteiger charge is 2.50. The van der Waals surface area contributed by atoms with Crippen LogP contribution in [0, 0.1) is 16.7 Å². The van der Waals surface area contributed by atoms with Gasteiger partial charge in [-0.1, -0.05) is 24.6 Å². The Morgan fingerprint density at radius 3 is 2.53 bits per heavy atom. The first-order chi connectivity index (χ1) is 17.9. The maximum absolute atomic E-state index is 12.1. The molecule has 16 heteroatoms. The summed E-state index contributed by atoms with van der Waals surface area (Å²) in [7, 11) is -5.11. The summed E-state index contributed by atoms with van der Waals surface area (Å²) in [5, 5.41) is 45.4. The van der Waals surface area contributed by atoms with Gasteiger partial charge in [0, 0.05) is 6.54 Å². The molecule has 0 aromatic rings. The first-order valence-electron chi connectivity index (χ1n) is 11.8. The lowest BCUT2D eigenvalue weighted by atomic mass is 9.85. The van der Waals surface area contributed by atoms with Gasteiger partial charge in [-0.15, -0.1) is 0 Å². The highest BCUT2D eigenvalue weighted by molar-refractivity contribution is 7.53. The molecule has 38 heavy (non-hydrogen) atoms. The molecule has 0 bridgehead atoms. The number of hydrogen-bond acceptors (Lipinski definition) is 9. The first kappa shape index (κ1) is 32.4. The van der Waals surface area contributed by atoms with Crippen molar-refractivity contribution in [2.75, 3.05) is 33.0 Å². The molecule has 2 aliphatic rings. The van der Waals surface area contributed by atoms with E-state index in [-0.39, 0.29) is 11.1 Å². The molecule has 1 heterocycles. The third-order valence-electron chi connectivity index (χ3n) is 6.13. The molecular weight excluding hydrogens is 545 g/mol. The number of ether oxygens (including phenoxy) is 3. The van der Waals surface area contributed by atoms with Gasteiger partial charge in [-0.05, 0) is 43.2 Å². The number of allylic oxidation sites excluding steroid dienone is 2. The van der Waals surface area contributed by atoms with Crippen LogP contribution in [0.3, 0.4) is 0 Å². The Morgan fingerprint density at radius 1 is 1.26 bits per heavy atom. The first-order valence-corrected chi connectivity index (χ1v) is 13.8. The molecule has 0 aromatic carbocycles. The van der Waals surface area contributed by atoms with Crippen molar-refractivity contribution in [3.05, 3.63) is 24.3 Å². The number of halogens is 1. The van der Waals surface area contributed by atoms with Crippen molar-refractivity contribution in [3.63, 3.8) is 0 Å². The molecule has 1 saturated carbocycles. The van der Waals surface area contributed by atoms with Crippen LogP contribution in [0.1, 0.15) is 19.3 Å². The van der Waals surface area contributed by atoms with Gasteiger partial charge < -0.3 is 44.6 Å². The predicted octanol–water partition coefficient (Wildman–Crippen LogP) is 0.127. The van der Waals surface area contributed by atoms with Crippen LogP contribution in [-0.2, 0) is 18.8 Å². The summed E-state index contributed by atoms with van der Waals surface area (Å²) in [6.45, 7) is 0.897. The van der Waals surface area contributed by atoms with Crippen LogP contribution in [0.4, 0.5) is 0 Å². The van der Waals surface area contributed by atoms with Gasteiger partial charge in [-0.2, -0.15) is 0 Å². The van der Waals surface area contributed by atoms with Crippen LogP contribution in [0.25, 0.3) is 0 Å². The summed E-state index contributed by atoms with van der Waals surface area (Å²) < 4.78 is 28.0. The summed E-state index contributed by atoms with van der Waals surface area (Å²) in [5.41, 5.74) is 0. The zero-order valence-corrected chi connectivity index (χ0v) is 22.3. The Labute approximate surface area is 225 Å². The van der Waals surface area contributed by atoms with Crippen molar-refractivity contribution >= 4 is 42.9 Å². The van der Waals surface area contributed by atoms with Gasteiger partial charge in [-0.3, -0.25) is 15.4 Å². The highest BCUT2D eigenvalue weighted by atomic mass is 35.5. The molecule has 1 unspecified atom stereocenters. The second-order valence-electron chi connectivity index (χ2n) is 8.89. The standard InChI is InChI=1S/C22H35ClN5O9P/c1-26-17(24)11-35-13-22(12-29,38(32,33)34)36-10-16-20(31)19(30)15(37-16)7-2-3-8-18(28-21(23)25)27-9-14-5-4-6-14/h2-3,7-8,14-16,19-20,24,29-31H,1,4-6,9-13H2,(H2,25,27,28)(H2,32,33,34)/b7-2+,8-3+,24-17?/t15-,16+,19-,20+,22?/m0/s1. The van der Waals surface area contributed by atoms with Crippen molar-refractivity contribution in [3.8, 4) is 0 Å². The van der Waals surface area contributed by atoms with E-state index in [1.54, 1.807) is 12.2 Å². The van der Waals surface area contributed by atoms with E-state index < -0.39 is 63.8 Å². The average molecular weight is 580 g/mol. The van der Waals surface area contributed by atoms with Crippen molar-refractivity contribution in [1.29, 1.82) is 10.8 Å².